The van der Waals surface area contributed by atoms with Gasteiger partial charge in [-0.05, 0) is 92.2 Å². The molecule has 0 saturated carbocycles. The van der Waals surface area contributed by atoms with Gasteiger partial charge in [-0.2, -0.15) is 4.72 Å². The Bertz CT molecular complexity index is 1530. The number of likely N-dealkylation sites (tertiary alicyclic amines) is 1. The van der Waals surface area contributed by atoms with E-state index >= 15 is 0 Å². The first-order chi connectivity index (χ1) is 20.6. The van der Waals surface area contributed by atoms with Crippen molar-refractivity contribution in [2.45, 2.75) is 75.6 Å². The molecule has 3 aromatic rings. The molecule has 0 aromatic heterocycles. The molecule has 0 unspecified atom stereocenters. The second-order valence-corrected chi connectivity index (χ2v) is 14.2. The van der Waals surface area contributed by atoms with Gasteiger partial charge < -0.3 is 20.5 Å². The number of aliphatic carboxylic acids is 1. The number of ether oxygens (including phenoxy) is 1. The lowest BCUT2D eigenvalue weighted by atomic mass is 10.0. The highest BCUT2D eigenvalue weighted by Gasteiger charge is 2.37. The van der Waals surface area contributed by atoms with Crippen LogP contribution in [-0.4, -0.2) is 60.8 Å². The molecule has 1 aliphatic heterocycles. The number of hydrogen-bond donors (Lipinski definition) is 3. The van der Waals surface area contributed by atoms with Crippen LogP contribution in [0.1, 0.15) is 43.9 Å². The molecule has 3 aromatic carbocycles. The predicted octanol–water partition coefficient (Wildman–Crippen LogP) is 5.44. The van der Waals surface area contributed by atoms with Crippen LogP contribution in [0, 0.1) is 12.7 Å². The molecule has 1 amide bonds. The fraction of sp³-hybridized carbons (Fsp3) is 0.375. The molecule has 0 radical (unpaired) electrons. The maximum absolute atomic E-state index is 14.2. The van der Waals surface area contributed by atoms with Crippen LogP contribution in [0.4, 0.5) is 9.18 Å². The Labute approximate surface area is 266 Å². The molecular formula is C32H39BrFN3O6S. The minimum Gasteiger partial charge on any atom is -0.480 e. The van der Waals surface area contributed by atoms with Crippen LogP contribution < -0.4 is 10.5 Å². The lowest BCUT2D eigenvalue weighted by Crippen LogP contribution is -2.46. The van der Waals surface area contributed by atoms with Crippen molar-refractivity contribution >= 4 is 38.0 Å². The lowest BCUT2D eigenvalue weighted by molar-refractivity contribution is -0.138. The molecule has 1 saturated heterocycles. The zero-order valence-corrected chi connectivity index (χ0v) is 27.6. The largest absolute Gasteiger partial charge is 0.480 e. The van der Waals surface area contributed by atoms with Gasteiger partial charge in [0.2, 0.25) is 10.0 Å². The summed E-state index contributed by atoms with van der Waals surface area (Å²) in [4.78, 5) is 25.3. The number of nitrogens with zero attached hydrogens (tertiary/aromatic N) is 1. The Balaban J connectivity index is 0.000000240. The predicted molar refractivity (Wildman–Crippen MR) is 170 cm³/mol. The van der Waals surface area contributed by atoms with Crippen LogP contribution >= 0.6 is 15.9 Å². The van der Waals surface area contributed by atoms with Crippen molar-refractivity contribution in [3.8, 4) is 0 Å². The Hall–Kier alpha value is -3.32. The SMILES string of the molecule is CC(C)(C)OC(=O)N1CC[C@H](N)[C@@H]1Cc1cccc(Br)c1F.Cc1ccc(S(=O)(=O)N[C@@H](Cc2ccccc2)C(=O)O)cc1. The average Bonchev–Trinajstić information content (AvgIpc) is 3.31. The quantitative estimate of drug-likeness (QED) is 0.286. The zero-order valence-electron chi connectivity index (χ0n) is 25.2. The van der Waals surface area contributed by atoms with Crippen LogP contribution in [0.5, 0.6) is 0 Å². The van der Waals surface area contributed by atoms with Gasteiger partial charge in [-0.1, -0.05) is 60.2 Å². The lowest BCUT2D eigenvalue weighted by Gasteiger charge is -2.30. The molecule has 1 aliphatic rings. The first-order valence-corrected chi connectivity index (χ1v) is 16.4. The summed E-state index contributed by atoms with van der Waals surface area (Å²) in [5.74, 6) is -1.51. The van der Waals surface area contributed by atoms with Crippen molar-refractivity contribution in [1.82, 2.24) is 9.62 Å². The monoisotopic (exact) mass is 691 g/mol. The van der Waals surface area contributed by atoms with E-state index in [4.69, 9.17) is 10.5 Å². The van der Waals surface area contributed by atoms with Crippen LogP contribution in [0.15, 0.2) is 82.2 Å². The molecule has 238 valence electrons. The van der Waals surface area contributed by atoms with Crippen molar-refractivity contribution in [3.63, 3.8) is 0 Å². The van der Waals surface area contributed by atoms with Gasteiger partial charge in [0.05, 0.1) is 15.4 Å². The van der Waals surface area contributed by atoms with E-state index in [1.807, 2.05) is 33.8 Å². The Kier molecular flexibility index (Phi) is 12.1. The van der Waals surface area contributed by atoms with Gasteiger partial charge in [-0.25, -0.2) is 17.6 Å². The Morgan fingerprint density at radius 3 is 2.32 bits per heavy atom. The van der Waals surface area contributed by atoms with Gasteiger partial charge >= 0.3 is 12.1 Å². The maximum atomic E-state index is 14.2. The van der Waals surface area contributed by atoms with Gasteiger partial charge in [-0.15, -0.1) is 0 Å². The average molecular weight is 693 g/mol. The minimum absolute atomic E-state index is 0.0532. The Morgan fingerprint density at radius 1 is 1.09 bits per heavy atom. The van der Waals surface area contributed by atoms with Crippen LogP contribution in [0.2, 0.25) is 0 Å². The van der Waals surface area contributed by atoms with E-state index < -0.39 is 27.6 Å². The normalized spacial score (nSPS) is 17.4. The second-order valence-electron chi connectivity index (χ2n) is 11.6. The molecule has 0 bridgehead atoms. The Morgan fingerprint density at radius 2 is 1.73 bits per heavy atom. The summed E-state index contributed by atoms with van der Waals surface area (Å²) in [6.45, 7) is 7.85. The van der Waals surface area contributed by atoms with E-state index in [0.29, 0.717) is 29.4 Å². The summed E-state index contributed by atoms with van der Waals surface area (Å²) in [5.41, 5.74) is 7.79. The molecule has 0 spiro atoms. The number of carbonyl (C=O) groups is 2. The van der Waals surface area contributed by atoms with Crippen LogP contribution in [-0.2, 0) is 32.4 Å². The van der Waals surface area contributed by atoms with Gasteiger partial charge in [0, 0.05) is 12.6 Å². The van der Waals surface area contributed by atoms with E-state index in [0.717, 1.165) is 11.1 Å². The highest BCUT2D eigenvalue weighted by Crippen LogP contribution is 2.26. The molecule has 1 heterocycles. The summed E-state index contributed by atoms with van der Waals surface area (Å²) >= 11 is 3.18. The number of carboxylic acid groups (broad SMARTS) is 1. The molecule has 0 aliphatic carbocycles. The number of nitrogens with two attached hydrogens (primary N) is 1. The first kappa shape index (κ1) is 35.2. The second kappa shape index (κ2) is 15.1. The number of rotatable bonds is 8. The van der Waals surface area contributed by atoms with Crippen molar-refractivity contribution < 1.29 is 32.2 Å². The van der Waals surface area contributed by atoms with E-state index in [9.17, 15) is 27.5 Å². The number of benzene rings is 3. The summed E-state index contributed by atoms with van der Waals surface area (Å²) in [5, 5.41) is 9.26. The molecule has 3 atom stereocenters. The molecule has 12 heteroatoms. The number of halogens is 2. The highest BCUT2D eigenvalue weighted by atomic mass is 79.9. The number of carbonyl (C=O) groups excluding carboxylic acids is 1. The van der Waals surface area contributed by atoms with Gasteiger partial charge in [0.1, 0.15) is 17.5 Å². The third-order valence-corrected chi connectivity index (χ3v) is 9.00. The van der Waals surface area contributed by atoms with E-state index in [1.165, 1.54) is 12.1 Å². The van der Waals surface area contributed by atoms with Gasteiger partial charge in [0.25, 0.3) is 0 Å². The molecule has 4 rings (SSSR count). The zero-order chi connectivity index (χ0) is 32.7. The van der Waals surface area contributed by atoms with Crippen molar-refractivity contribution in [2.75, 3.05) is 6.54 Å². The fourth-order valence-electron chi connectivity index (χ4n) is 4.62. The number of nitrogens with one attached hydrogen (secondary N) is 1. The number of hydrogen-bond acceptors (Lipinski definition) is 6. The topological polar surface area (TPSA) is 139 Å². The number of amides is 1. The van der Waals surface area contributed by atoms with Gasteiger partial charge in [-0.3, -0.25) is 4.79 Å². The fourth-order valence-corrected chi connectivity index (χ4v) is 6.22. The summed E-state index contributed by atoms with van der Waals surface area (Å²) < 4.78 is 46.8. The summed E-state index contributed by atoms with van der Waals surface area (Å²) in [7, 11) is -3.87. The van der Waals surface area contributed by atoms with Gasteiger partial charge in [0.15, 0.2) is 0 Å². The number of carboxylic acids is 1. The number of sulfonamides is 1. The highest BCUT2D eigenvalue weighted by molar-refractivity contribution is 9.10. The first-order valence-electron chi connectivity index (χ1n) is 14.1. The van der Waals surface area contributed by atoms with Crippen LogP contribution in [0.3, 0.4) is 0 Å². The summed E-state index contributed by atoms with van der Waals surface area (Å²) in [6, 6.07) is 18.7. The van der Waals surface area contributed by atoms with Crippen molar-refractivity contribution in [2.24, 2.45) is 5.73 Å². The smallest absolute Gasteiger partial charge is 0.410 e. The number of aryl methyl sites for hydroxylation is 1. The van der Waals surface area contributed by atoms with E-state index in [2.05, 4.69) is 20.7 Å². The van der Waals surface area contributed by atoms with E-state index in [-0.39, 0.29) is 35.3 Å². The molecule has 44 heavy (non-hydrogen) atoms. The van der Waals surface area contributed by atoms with Crippen LogP contribution in [0.25, 0.3) is 0 Å². The molecule has 1 fully saturated rings. The molecule has 9 nitrogen and oxygen atoms in total. The standard InChI is InChI=1S/C16H22BrFN2O2.C16H17NO4S/c1-16(2,3)22-15(21)20-8-7-12(19)13(20)9-10-5-4-6-11(17)14(10)18;1-12-7-9-14(10-8-12)22(20,21)17-15(16(18)19)11-13-5-3-2-4-6-13/h4-6,12-13H,7-9,19H2,1-3H3;2-10,15,17H,11H2,1H3,(H,18,19)/t12-,13-;15-/m00/s1. The summed E-state index contributed by atoms with van der Waals surface area (Å²) in [6.07, 6.45) is 0.771. The molecule has 4 N–H and O–H groups in total. The minimum atomic E-state index is -3.87. The third-order valence-electron chi connectivity index (χ3n) is 6.90. The van der Waals surface area contributed by atoms with Crippen molar-refractivity contribution in [3.05, 3.63) is 99.8 Å². The van der Waals surface area contributed by atoms with E-state index in [1.54, 1.807) is 59.5 Å². The maximum Gasteiger partial charge on any atom is 0.410 e. The van der Waals surface area contributed by atoms with Crippen molar-refractivity contribution in [1.29, 1.82) is 0 Å². The molecular weight excluding hydrogens is 653 g/mol. The third kappa shape index (κ3) is 10.1.